The molecule has 2 rings (SSSR count). The molecule has 0 radical (unpaired) electrons. The van der Waals surface area contributed by atoms with Crippen molar-refractivity contribution in [1.29, 1.82) is 0 Å². The van der Waals surface area contributed by atoms with Gasteiger partial charge in [0.15, 0.2) is 0 Å². The Kier molecular flexibility index (Phi) is 5.24. The summed E-state index contributed by atoms with van der Waals surface area (Å²) in [6, 6.07) is 10.3. The third-order valence-corrected chi connectivity index (χ3v) is 3.41. The van der Waals surface area contributed by atoms with Crippen LogP contribution < -0.4 is 10.5 Å². The summed E-state index contributed by atoms with van der Waals surface area (Å²) in [5.41, 5.74) is 8.03. The van der Waals surface area contributed by atoms with Gasteiger partial charge in [-0.2, -0.15) is 0 Å². The zero-order valence-corrected chi connectivity index (χ0v) is 12.3. The van der Waals surface area contributed by atoms with E-state index < -0.39 is 0 Å². The molecule has 2 aromatic rings. The van der Waals surface area contributed by atoms with Crippen molar-refractivity contribution in [2.24, 2.45) is 5.73 Å². The molecular weight excluding hydrogens is 250 g/mol. The second-order valence-electron chi connectivity index (χ2n) is 5.03. The monoisotopic (exact) mass is 273 g/mol. The molecule has 0 fully saturated rings. The molecule has 0 bridgehead atoms. The maximum absolute atomic E-state index is 5.73. The number of unbranched alkanes of at least 4 members (excludes halogenated alkanes) is 1. The van der Waals surface area contributed by atoms with Crippen molar-refractivity contribution in [1.82, 2.24) is 0 Å². The van der Waals surface area contributed by atoms with Crippen molar-refractivity contribution < 1.29 is 9.15 Å². The molecule has 0 aliphatic carbocycles. The number of ether oxygens (including phenoxy) is 1. The fraction of sp³-hybridized carbons (Fsp3) is 0.412. The smallest absolute Gasteiger partial charge is 0.146 e. The fourth-order valence-corrected chi connectivity index (χ4v) is 2.15. The van der Waals surface area contributed by atoms with Crippen molar-refractivity contribution in [3.8, 4) is 5.75 Å². The highest BCUT2D eigenvalue weighted by Crippen LogP contribution is 2.18. The van der Waals surface area contributed by atoms with Crippen LogP contribution in [0.5, 0.6) is 5.75 Å². The topological polar surface area (TPSA) is 48.4 Å². The minimum atomic E-state index is 0.440. The number of rotatable bonds is 7. The Morgan fingerprint density at radius 2 is 1.95 bits per heavy atom. The predicted molar refractivity (Wildman–Crippen MR) is 80.7 cm³/mol. The largest absolute Gasteiger partial charge is 0.486 e. The average Bonchev–Trinajstić information content (AvgIpc) is 2.84. The number of hydrogen-bond acceptors (Lipinski definition) is 3. The van der Waals surface area contributed by atoms with Crippen LogP contribution in [0.4, 0.5) is 0 Å². The lowest BCUT2D eigenvalue weighted by Gasteiger charge is -2.05. The van der Waals surface area contributed by atoms with Gasteiger partial charge in [-0.3, -0.25) is 0 Å². The highest BCUT2D eigenvalue weighted by atomic mass is 16.5. The van der Waals surface area contributed by atoms with Crippen LogP contribution in [0.15, 0.2) is 34.7 Å². The molecule has 0 saturated carbocycles. The summed E-state index contributed by atoms with van der Waals surface area (Å²) in [7, 11) is 0. The molecule has 2 N–H and O–H groups in total. The zero-order valence-electron chi connectivity index (χ0n) is 12.3. The van der Waals surface area contributed by atoms with Gasteiger partial charge in [0.25, 0.3) is 0 Å². The quantitative estimate of drug-likeness (QED) is 0.830. The van der Waals surface area contributed by atoms with E-state index in [-0.39, 0.29) is 0 Å². The second-order valence-corrected chi connectivity index (χ2v) is 5.03. The summed E-state index contributed by atoms with van der Waals surface area (Å²) in [5.74, 6) is 2.56. The molecule has 0 aliphatic heterocycles. The first-order valence-corrected chi connectivity index (χ1v) is 7.23. The van der Waals surface area contributed by atoms with Crippen LogP contribution in [-0.2, 0) is 19.6 Å². The summed E-state index contributed by atoms with van der Waals surface area (Å²) in [5, 5.41) is 0. The Hall–Kier alpha value is -1.74. The molecule has 0 unspecified atom stereocenters. The van der Waals surface area contributed by atoms with Crippen LogP contribution in [-0.4, -0.2) is 0 Å². The highest BCUT2D eigenvalue weighted by molar-refractivity contribution is 5.28. The van der Waals surface area contributed by atoms with Gasteiger partial charge in [0.05, 0.1) is 0 Å². The molecule has 3 heteroatoms. The molecule has 1 aromatic heterocycles. The standard InChI is InChI=1S/C17H23NO2/c1-3-4-5-14-6-8-16(9-7-14)19-12-17-10-15(11-18)13(2)20-17/h6-10H,3-5,11-12,18H2,1-2H3. The van der Waals surface area contributed by atoms with Crippen molar-refractivity contribution in [3.05, 3.63) is 53.0 Å². The van der Waals surface area contributed by atoms with Crippen molar-refractivity contribution in [2.45, 2.75) is 46.3 Å². The third kappa shape index (κ3) is 3.87. The molecule has 0 saturated heterocycles. The first-order valence-electron chi connectivity index (χ1n) is 7.23. The minimum Gasteiger partial charge on any atom is -0.486 e. The highest BCUT2D eigenvalue weighted by Gasteiger charge is 2.06. The first kappa shape index (κ1) is 14.7. The summed E-state index contributed by atoms with van der Waals surface area (Å²) in [4.78, 5) is 0. The normalized spacial score (nSPS) is 10.8. The lowest BCUT2D eigenvalue weighted by molar-refractivity contribution is 0.267. The number of furan rings is 1. The molecule has 0 spiro atoms. The van der Waals surface area contributed by atoms with E-state index >= 15 is 0 Å². The van der Waals surface area contributed by atoms with Crippen molar-refractivity contribution in [3.63, 3.8) is 0 Å². The number of aryl methyl sites for hydroxylation is 2. The lowest BCUT2D eigenvalue weighted by atomic mass is 10.1. The predicted octanol–water partition coefficient (Wildman–Crippen LogP) is 3.97. The van der Waals surface area contributed by atoms with Gasteiger partial charge in [-0.1, -0.05) is 25.5 Å². The Morgan fingerprint density at radius 1 is 1.20 bits per heavy atom. The number of hydrogen-bond donors (Lipinski definition) is 1. The van der Waals surface area contributed by atoms with E-state index in [1.807, 2.05) is 25.1 Å². The van der Waals surface area contributed by atoms with Gasteiger partial charge in [-0.05, 0) is 43.5 Å². The van der Waals surface area contributed by atoms with E-state index in [0.717, 1.165) is 29.3 Å². The zero-order chi connectivity index (χ0) is 14.4. The number of nitrogens with two attached hydrogens (primary N) is 1. The SMILES string of the molecule is CCCCc1ccc(OCc2cc(CN)c(C)o2)cc1. The van der Waals surface area contributed by atoms with Gasteiger partial charge in [0, 0.05) is 12.1 Å². The van der Waals surface area contributed by atoms with E-state index in [4.69, 9.17) is 14.9 Å². The molecule has 0 aliphatic rings. The lowest BCUT2D eigenvalue weighted by Crippen LogP contribution is -1.96. The van der Waals surface area contributed by atoms with Crippen LogP contribution in [0, 0.1) is 6.92 Å². The molecule has 1 aromatic carbocycles. The molecule has 0 atom stereocenters. The van der Waals surface area contributed by atoms with Crippen LogP contribution in [0.25, 0.3) is 0 Å². The third-order valence-electron chi connectivity index (χ3n) is 3.41. The van der Waals surface area contributed by atoms with Gasteiger partial charge < -0.3 is 14.9 Å². The molecular formula is C17H23NO2. The Morgan fingerprint density at radius 3 is 2.55 bits per heavy atom. The van der Waals surface area contributed by atoms with Crippen LogP contribution in [0.2, 0.25) is 0 Å². The van der Waals surface area contributed by atoms with Crippen LogP contribution >= 0.6 is 0 Å². The van der Waals surface area contributed by atoms with Gasteiger partial charge in [-0.15, -0.1) is 0 Å². The first-order chi connectivity index (χ1) is 9.72. The Bertz CT molecular complexity index is 528. The maximum atomic E-state index is 5.73. The van der Waals surface area contributed by atoms with Crippen LogP contribution in [0.1, 0.15) is 42.4 Å². The summed E-state index contributed by atoms with van der Waals surface area (Å²) < 4.78 is 11.3. The van der Waals surface area contributed by atoms with E-state index in [1.165, 1.54) is 18.4 Å². The van der Waals surface area contributed by atoms with E-state index in [0.29, 0.717) is 13.2 Å². The van der Waals surface area contributed by atoms with Crippen molar-refractivity contribution in [2.75, 3.05) is 0 Å². The van der Waals surface area contributed by atoms with Gasteiger partial charge in [0.2, 0.25) is 0 Å². The van der Waals surface area contributed by atoms with Gasteiger partial charge in [-0.25, -0.2) is 0 Å². The molecule has 0 amide bonds. The maximum Gasteiger partial charge on any atom is 0.146 e. The van der Waals surface area contributed by atoms with E-state index in [9.17, 15) is 0 Å². The van der Waals surface area contributed by atoms with Gasteiger partial charge in [0.1, 0.15) is 23.9 Å². The second kappa shape index (κ2) is 7.15. The summed E-state index contributed by atoms with van der Waals surface area (Å²) >= 11 is 0. The molecule has 20 heavy (non-hydrogen) atoms. The average molecular weight is 273 g/mol. The van der Waals surface area contributed by atoms with E-state index in [2.05, 4.69) is 19.1 Å². The van der Waals surface area contributed by atoms with Crippen molar-refractivity contribution >= 4 is 0 Å². The summed E-state index contributed by atoms with van der Waals surface area (Å²) in [6.07, 6.45) is 3.58. The molecule has 1 heterocycles. The Balaban J connectivity index is 1.89. The Labute approximate surface area is 120 Å². The minimum absolute atomic E-state index is 0.440. The summed E-state index contributed by atoms with van der Waals surface area (Å²) in [6.45, 7) is 5.07. The van der Waals surface area contributed by atoms with E-state index in [1.54, 1.807) is 0 Å². The molecule has 3 nitrogen and oxygen atoms in total. The fourth-order valence-electron chi connectivity index (χ4n) is 2.15. The van der Waals surface area contributed by atoms with Gasteiger partial charge >= 0.3 is 0 Å². The van der Waals surface area contributed by atoms with Crippen LogP contribution in [0.3, 0.4) is 0 Å². The molecule has 108 valence electrons. The number of benzene rings is 1.